The van der Waals surface area contributed by atoms with Crippen molar-refractivity contribution in [1.29, 1.82) is 0 Å². The number of sulfonamides is 1. The van der Waals surface area contributed by atoms with Crippen LogP contribution in [-0.4, -0.2) is 31.7 Å². The quantitative estimate of drug-likeness (QED) is 0.780. The van der Waals surface area contributed by atoms with Crippen molar-refractivity contribution in [2.24, 2.45) is 0 Å². The molecule has 2 rings (SSSR count). The van der Waals surface area contributed by atoms with Crippen molar-refractivity contribution in [2.75, 3.05) is 13.1 Å². The summed E-state index contributed by atoms with van der Waals surface area (Å²) in [6.45, 7) is 6.70. The van der Waals surface area contributed by atoms with E-state index in [0.717, 1.165) is 12.8 Å². The first-order chi connectivity index (χ1) is 10.4. The van der Waals surface area contributed by atoms with Crippen molar-refractivity contribution in [2.45, 2.75) is 31.1 Å². The van der Waals surface area contributed by atoms with E-state index in [4.69, 9.17) is 0 Å². The molecule has 2 N–H and O–H groups in total. The molecule has 22 heavy (non-hydrogen) atoms. The van der Waals surface area contributed by atoms with Gasteiger partial charge in [0.25, 0.3) is 5.91 Å². The molecule has 0 unspecified atom stereocenters. The van der Waals surface area contributed by atoms with Gasteiger partial charge in [-0.15, -0.1) is 0 Å². The van der Waals surface area contributed by atoms with Gasteiger partial charge in [-0.2, -0.15) is 4.31 Å². The van der Waals surface area contributed by atoms with E-state index in [9.17, 15) is 13.2 Å². The molecule has 0 saturated carbocycles. The average Bonchev–Trinajstić information content (AvgIpc) is 3.07. The zero-order valence-corrected chi connectivity index (χ0v) is 13.4. The lowest BCUT2D eigenvalue weighted by Gasteiger charge is -2.16. The maximum atomic E-state index is 12.5. The highest BCUT2D eigenvalue weighted by atomic mass is 32.2. The molecule has 1 amide bonds. The molecule has 0 atom stereocenters. The fourth-order valence-electron chi connectivity index (χ4n) is 2.18. The van der Waals surface area contributed by atoms with Crippen molar-refractivity contribution in [3.8, 4) is 0 Å². The summed E-state index contributed by atoms with van der Waals surface area (Å²) in [7, 11) is -3.52. The Hall–Kier alpha value is -1.86. The predicted octanol–water partition coefficient (Wildman–Crippen LogP) is 1.63. The van der Waals surface area contributed by atoms with E-state index in [1.807, 2.05) is 6.92 Å². The van der Waals surface area contributed by atoms with Gasteiger partial charge in [0.05, 0.1) is 4.90 Å². The van der Waals surface area contributed by atoms with Crippen LogP contribution in [0, 0.1) is 0 Å². The number of hydrogen-bond acceptors (Lipinski definition) is 4. The lowest BCUT2D eigenvalue weighted by molar-refractivity contribution is 0.0938. The summed E-state index contributed by atoms with van der Waals surface area (Å²) in [6, 6.07) is 6.07. The third kappa shape index (κ3) is 3.66. The third-order valence-corrected chi connectivity index (χ3v) is 5.47. The molecule has 7 heteroatoms. The summed E-state index contributed by atoms with van der Waals surface area (Å²) >= 11 is 0. The first-order valence-electron chi connectivity index (χ1n) is 7.29. The fourth-order valence-corrected chi connectivity index (χ4v) is 3.74. The van der Waals surface area contributed by atoms with Crippen molar-refractivity contribution >= 4 is 15.9 Å². The number of amides is 1. The standard InChI is InChI=1S/C15H21N3O3S/c1-3-12(2)16-17-15(19)13-7-6-8-14(11-13)22(20,21)18-9-4-5-10-18/h6-8,11,16H,2-5,9-10H2,1H3,(H,17,19). The van der Waals surface area contributed by atoms with Gasteiger partial charge in [-0.25, -0.2) is 8.42 Å². The Balaban J connectivity index is 2.16. The minimum Gasteiger partial charge on any atom is -0.303 e. The van der Waals surface area contributed by atoms with Gasteiger partial charge in [-0.3, -0.25) is 10.2 Å². The van der Waals surface area contributed by atoms with Gasteiger partial charge in [-0.05, 0) is 37.5 Å². The van der Waals surface area contributed by atoms with Gasteiger partial charge in [0.2, 0.25) is 10.0 Å². The Morgan fingerprint density at radius 3 is 2.59 bits per heavy atom. The molecule has 0 bridgehead atoms. The Labute approximate surface area is 131 Å². The summed E-state index contributed by atoms with van der Waals surface area (Å²) < 4.78 is 26.4. The maximum absolute atomic E-state index is 12.5. The fraction of sp³-hybridized carbons (Fsp3) is 0.400. The van der Waals surface area contributed by atoms with Crippen LogP contribution in [0.1, 0.15) is 36.5 Å². The number of carbonyl (C=O) groups is 1. The Bertz CT molecular complexity index is 664. The smallest absolute Gasteiger partial charge is 0.269 e. The first kappa shape index (κ1) is 16.5. The van der Waals surface area contributed by atoms with Crippen LogP contribution in [0.3, 0.4) is 0 Å². The molecule has 0 aromatic heterocycles. The Morgan fingerprint density at radius 1 is 1.27 bits per heavy atom. The number of rotatable bonds is 6. The van der Waals surface area contributed by atoms with Crippen molar-refractivity contribution in [3.05, 3.63) is 42.1 Å². The topological polar surface area (TPSA) is 78.5 Å². The van der Waals surface area contributed by atoms with E-state index in [1.165, 1.54) is 16.4 Å². The lowest BCUT2D eigenvalue weighted by Crippen LogP contribution is -2.36. The normalized spacial score (nSPS) is 15.5. The molecular weight excluding hydrogens is 302 g/mol. The SMILES string of the molecule is C=C(CC)NNC(=O)c1cccc(S(=O)(=O)N2CCCC2)c1. The summed E-state index contributed by atoms with van der Waals surface area (Å²) in [4.78, 5) is 12.2. The monoisotopic (exact) mass is 323 g/mol. The molecule has 120 valence electrons. The van der Waals surface area contributed by atoms with E-state index in [0.29, 0.717) is 25.2 Å². The molecule has 1 fully saturated rings. The number of nitrogens with zero attached hydrogens (tertiary/aromatic N) is 1. The maximum Gasteiger partial charge on any atom is 0.269 e. The zero-order valence-electron chi connectivity index (χ0n) is 12.6. The van der Waals surface area contributed by atoms with Crippen LogP contribution in [0.5, 0.6) is 0 Å². The summed E-state index contributed by atoms with van der Waals surface area (Å²) in [5.74, 6) is -0.395. The van der Waals surface area contributed by atoms with E-state index in [2.05, 4.69) is 17.4 Å². The number of carbonyl (C=O) groups excluding carboxylic acids is 1. The van der Waals surface area contributed by atoms with Gasteiger partial charge < -0.3 is 5.43 Å². The van der Waals surface area contributed by atoms with Crippen LogP contribution < -0.4 is 10.9 Å². The molecule has 1 aromatic rings. The summed E-state index contributed by atoms with van der Waals surface area (Å²) in [5, 5.41) is 0. The van der Waals surface area contributed by atoms with Crippen molar-refractivity contribution in [1.82, 2.24) is 15.2 Å². The van der Waals surface area contributed by atoms with Gasteiger partial charge in [-0.1, -0.05) is 19.6 Å². The first-order valence-corrected chi connectivity index (χ1v) is 8.73. The molecule has 1 aliphatic rings. The van der Waals surface area contributed by atoms with Crippen LogP contribution in [-0.2, 0) is 10.0 Å². The van der Waals surface area contributed by atoms with Crippen LogP contribution in [0.2, 0.25) is 0 Å². The van der Waals surface area contributed by atoms with E-state index < -0.39 is 15.9 Å². The van der Waals surface area contributed by atoms with Crippen molar-refractivity contribution < 1.29 is 13.2 Å². The molecule has 1 aromatic carbocycles. The minimum atomic E-state index is -3.52. The Morgan fingerprint density at radius 2 is 1.95 bits per heavy atom. The summed E-state index contributed by atoms with van der Waals surface area (Å²) in [5.41, 5.74) is 6.15. The second-order valence-electron chi connectivity index (χ2n) is 5.18. The predicted molar refractivity (Wildman–Crippen MR) is 84.5 cm³/mol. The average molecular weight is 323 g/mol. The molecule has 0 spiro atoms. The second-order valence-corrected chi connectivity index (χ2v) is 7.11. The van der Waals surface area contributed by atoms with Crippen LogP contribution in [0.15, 0.2) is 41.4 Å². The zero-order chi connectivity index (χ0) is 16.2. The molecular formula is C15H21N3O3S. The number of nitrogens with one attached hydrogen (secondary N) is 2. The number of allylic oxidation sites excluding steroid dienone is 1. The molecule has 1 saturated heterocycles. The molecule has 0 radical (unpaired) electrons. The molecule has 1 heterocycles. The number of hydrazine groups is 1. The molecule has 1 aliphatic heterocycles. The van der Waals surface area contributed by atoms with Gasteiger partial charge in [0, 0.05) is 24.4 Å². The molecule has 6 nitrogen and oxygen atoms in total. The van der Waals surface area contributed by atoms with Crippen molar-refractivity contribution in [3.63, 3.8) is 0 Å². The second kappa shape index (κ2) is 6.93. The van der Waals surface area contributed by atoms with Gasteiger partial charge in [0.1, 0.15) is 0 Å². The van der Waals surface area contributed by atoms with E-state index in [-0.39, 0.29) is 10.5 Å². The highest BCUT2D eigenvalue weighted by Gasteiger charge is 2.27. The number of benzene rings is 1. The highest BCUT2D eigenvalue weighted by Crippen LogP contribution is 2.21. The largest absolute Gasteiger partial charge is 0.303 e. The van der Waals surface area contributed by atoms with Crippen LogP contribution >= 0.6 is 0 Å². The van der Waals surface area contributed by atoms with Gasteiger partial charge >= 0.3 is 0 Å². The van der Waals surface area contributed by atoms with Crippen LogP contribution in [0.4, 0.5) is 0 Å². The van der Waals surface area contributed by atoms with E-state index >= 15 is 0 Å². The third-order valence-electron chi connectivity index (χ3n) is 3.58. The van der Waals surface area contributed by atoms with Crippen LogP contribution in [0.25, 0.3) is 0 Å². The van der Waals surface area contributed by atoms with E-state index in [1.54, 1.807) is 12.1 Å². The molecule has 0 aliphatic carbocycles. The minimum absolute atomic E-state index is 0.149. The van der Waals surface area contributed by atoms with Gasteiger partial charge in [0.15, 0.2) is 0 Å². The number of hydrogen-bond donors (Lipinski definition) is 2. The lowest BCUT2D eigenvalue weighted by atomic mass is 10.2. The highest BCUT2D eigenvalue weighted by molar-refractivity contribution is 7.89. The Kier molecular flexibility index (Phi) is 5.20. The summed E-state index contributed by atoms with van der Waals surface area (Å²) in [6.07, 6.45) is 2.44.